The van der Waals surface area contributed by atoms with Gasteiger partial charge >= 0.3 is 0 Å². The number of aryl methyl sites for hydroxylation is 2. The monoisotopic (exact) mass is 334 g/mol. The maximum absolute atomic E-state index is 4.05. The van der Waals surface area contributed by atoms with Crippen molar-refractivity contribution in [1.82, 2.24) is 0 Å². The van der Waals surface area contributed by atoms with Gasteiger partial charge in [-0.1, -0.05) is 60.8 Å². The summed E-state index contributed by atoms with van der Waals surface area (Å²) in [4.78, 5) is 0.532. The van der Waals surface area contributed by atoms with Gasteiger partial charge in [0.05, 0.1) is 0 Å². The summed E-state index contributed by atoms with van der Waals surface area (Å²) in [5.74, 6) is 0.776. The largest absolute Gasteiger partial charge is 0.0836 e. The Morgan fingerprint density at radius 3 is 2.55 bits per heavy atom. The number of fused-ring (bicyclic) bond motifs is 1. The first kappa shape index (κ1) is 14.6. The van der Waals surface area contributed by atoms with E-state index < -0.39 is 0 Å². The number of hydrogen-bond acceptors (Lipinski definition) is 0. The van der Waals surface area contributed by atoms with Crippen LogP contribution in [0.1, 0.15) is 73.9 Å². The Bertz CT molecular complexity index is 475. The second kappa shape index (κ2) is 5.83. The summed E-state index contributed by atoms with van der Waals surface area (Å²) in [6, 6.07) is 7.28. The van der Waals surface area contributed by atoms with Gasteiger partial charge in [-0.2, -0.15) is 0 Å². The van der Waals surface area contributed by atoms with Crippen molar-refractivity contribution in [3.8, 4) is 0 Å². The molecule has 0 bridgehead atoms. The molecule has 0 spiro atoms. The molecule has 0 N–H and O–H groups in total. The summed E-state index contributed by atoms with van der Waals surface area (Å²) < 4.78 is 0. The Hall–Kier alpha value is -0.300. The van der Waals surface area contributed by atoms with Crippen LogP contribution in [0.15, 0.2) is 18.2 Å². The zero-order valence-corrected chi connectivity index (χ0v) is 14.5. The summed E-state index contributed by atoms with van der Waals surface area (Å²) in [7, 11) is 0. The van der Waals surface area contributed by atoms with E-state index in [1.165, 1.54) is 56.9 Å². The van der Waals surface area contributed by atoms with Gasteiger partial charge in [-0.3, -0.25) is 0 Å². The van der Waals surface area contributed by atoms with Crippen LogP contribution in [0.5, 0.6) is 0 Å². The highest BCUT2D eigenvalue weighted by Gasteiger charge is 2.37. The van der Waals surface area contributed by atoms with Crippen LogP contribution in [0.2, 0.25) is 0 Å². The molecule has 0 amide bonds. The van der Waals surface area contributed by atoms with Crippen molar-refractivity contribution in [3.63, 3.8) is 0 Å². The van der Waals surface area contributed by atoms with Gasteiger partial charge in [0.25, 0.3) is 0 Å². The van der Waals surface area contributed by atoms with Gasteiger partial charge in [0.1, 0.15) is 0 Å². The summed E-state index contributed by atoms with van der Waals surface area (Å²) in [6.07, 6.45) is 10.9. The fourth-order valence-corrected chi connectivity index (χ4v) is 5.49. The lowest BCUT2D eigenvalue weighted by atomic mass is 9.66. The molecule has 0 heterocycles. The van der Waals surface area contributed by atoms with Gasteiger partial charge in [-0.15, -0.1) is 0 Å². The molecule has 2 unspecified atom stereocenters. The Kier molecular flexibility index (Phi) is 4.26. The minimum atomic E-state index is 0.475. The van der Waals surface area contributed by atoms with E-state index in [9.17, 15) is 0 Å². The van der Waals surface area contributed by atoms with E-state index in [1.54, 1.807) is 11.1 Å². The molecule has 110 valence electrons. The van der Waals surface area contributed by atoms with Crippen LogP contribution in [0.25, 0.3) is 0 Å². The topological polar surface area (TPSA) is 0 Å². The van der Waals surface area contributed by atoms with Crippen LogP contribution in [0.4, 0.5) is 0 Å². The van der Waals surface area contributed by atoms with Crippen molar-refractivity contribution in [2.75, 3.05) is 0 Å². The van der Waals surface area contributed by atoms with Crippen molar-refractivity contribution in [1.29, 1.82) is 0 Å². The van der Waals surface area contributed by atoms with Crippen molar-refractivity contribution >= 4 is 15.9 Å². The minimum Gasteiger partial charge on any atom is -0.0836 e. The van der Waals surface area contributed by atoms with E-state index >= 15 is 0 Å². The maximum atomic E-state index is 4.05. The van der Waals surface area contributed by atoms with Crippen LogP contribution < -0.4 is 0 Å². The second-order valence-electron chi connectivity index (χ2n) is 7.48. The molecule has 1 fully saturated rings. The fraction of sp³-hybridized carbons (Fsp3) is 0.684. The smallest absolute Gasteiger partial charge is 0.0428 e. The van der Waals surface area contributed by atoms with Gasteiger partial charge in [0.15, 0.2) is 0 Å². The predicted octanol–water partition coefficient (Wildman–Crippen LogP) is 6.22. The lowest BCUT2D eigenvalue weighted by Gasteiger charge is -2.41. The Morgan fingerprint density at radius 2 is 1.80 bits per heavy atom. The zero-order chi connectivity index (χ0) is 14.2. The summed E-state index contributed by atoms with van der Waals surface area (Å²) in [6.45, 7) is 4.92. The van der Waals surface area contributed by atoms with Gasteiger partial charge in [0, 0.05) is 4.83 Å². The van der Waals surface area contributed by atoms with Crippen molar-refractivity contribution < 1.29 is 0 Å². The van der Waals surface area contributed by atoms with Crippen LogP contribution in [-0.2, 0) is 12.8 Å². The number of halogens is 1. The van der Waals surface area contributed by atoms with Crippen LogP contribution in [0, 0.1) is 11.3 Å². The lowest BCUT2D eigenvalue weighted by Crippen LogP contribution is -2.30. The Balaban J connectivity index is 1.84. The average Bonchev–Trinajstić information content (AvgIpc) is 2.45. The molecule has 1 aromatic carbocycles. The summed E-state index contributed by atoms with van der Waals surface area (Å²) >= 11 is 4.05. The average molecular weight is 335 g/mol. The van der Waals surface area contributed by atoms with Gasteiger partial charge in [0.2, 0.25) is 0 Å². The SMILES string of the molecule is CC1(C)CCCCC1C(Br)c1ccc2c(c1)CCCC2. The first-order valence-electron chi connectivity index (χ1n) is 8.34. The van der Waals surface area contributed by atoms with E-state index in [1.807, 2.05) is 0 Å². The summed E-state index contributed by atoms with van der Waals surface area (Å²) in [5, 5.41) is 0. The molecule has 1 heteroatoms. The second-order valence-corrected chi connectivity index (χ2v) is 8.46. The van der Waals surface area contributed by atoms with E-state index in [4.69, 9.17) is 0 Å². The van der Waals surface area contributed by atoms with Crippen LogP contribution >= 0.6 is 15.9 Å². The number of rotatable bonds is 2. The number of hydrogen-bond donors (Lipinski definition) is 0. The molecular weight excluding hydrogens is 308 g/mol. The van der Waals surface area contributed by atoms with Gasteiger partial charge < -0.3 is 0 Å². The molecule has 3 rings (SSSR count). The highest BCUT2D eigenvalue weighted by atomic mass is 79.9. The first-order chi connectivity index (χ1) is 9.58. The molecule has 2 atom stereocenters. The molecule has 0 aliphatic heterocycles. The molecule has 2 aliphatic rings. The third-order valence-electron chi connectivity index (χ3n) is 5.63. The highest BCUT2D eigenvalue weighted by Crippen LogP contribution is 2.50. The molecule has 0 radical (unpaired) electrons. The van der Waals surface area contributed by atoms with Gasteiger partial charge in [-0.05, 0) is 66.5 Å². The van der Waals surface area contributed by atoms with E-state index in [0.717, 1.165) is 5.92 Å². The Labute approximate surface area is 132 Å². The predicted molar refractivity (Wildman–Crippen MR) is 90.5 cm³/mol. The molecule has 0 saturated heterocycles. The van der Waals surface area contributed by atoms with Crippen LogP contribution in [0.3, 0.4) is 0 Å². The van der Waals surface area contributed by atoms with E-state index in [-0.39, 0.29) is 0 Å². The molecular formula is C19H27Br. The normalized spacial score (nSPS) is 26.9. The molecule has 1 aromatic rings. The van der Waals surface area contributed by atoms with E-state index in [2.05, 4.69) is 48.0 Å². The third-order valence-corrected chi connectivity index (χ3v) is 6.80. The first-order valence-corrected chi connectivity index (χ1v) is 9.25. The van der Waals surface area contributed by atoms with Crippen molar-refractivity contribution in [3.05, 3.63) is 34.9 Å². The standard InChI is InChI=1S/C19H27Br/c1-19(2)12-6-5-9-17(19)18(20)16-11-10-14-7-3-4-8-15(14)13-16/h10-11,13,17-18H,3-9,12H2,1-2H3. The fourth-order valence-electron chi connectivity index (χ4n) is 4.22. The van der Waals surface area contributed by atoms with Crippen LogP contribution in [-0.4, -0.2) is 0 Å². The molecule has 2 aliphatic carbocycles. The number of benzene rings is 1. The highest BCUT2D eigenvalue weighted by molar-refractivity contribution is 9.09. The lowest BCUT2D eigenvalue weighted by molar-refractivity contribution is 0.136. The molecule has 20 heavy (non-hydrogen) atoms. The summed E-state index contributed by atoms with van der Waals surface area (Å²) in [5.41, 5.74) is 5.21. The molecule has 1 saturated carbocycles. The molecule has 0 aromatic heterocycles. The number of alkyl halides is 1. The Morgan fingerprint density at radius 1 is 1.05 bits per heavy atom. The van der Waals surface area contributed by atoms with Gasteiger partial charge in [-0.25, -0.2) is 0 Å². The van der Waals surface area contributed by atoms with Crippen molar-refractivity contribution in [2.45, 2.75) is 70.0 Å². The third kappa shape index (κ3) is 2.84. The molecule has 0 nitrogen and oxygen atoms in total. The minimum absolute atomic E-state index is 0.475. The zero-order valence-electron chi connectivity index (χ0n) is 12.9. The van der Waals surface area contributed by atoms with E-state index in [0.29, 0.717) is 10.2 Å². The van der Waals surface area contributed by atoms with Crippen molar-refractivity contribution in [2.24, 2.45) is 11.3 Å². The quantitative estimate of drug-likeness (QED) is 0.563. The maximum Gasteiger partial charge on any atom is 0.0428 e.